The summed E-state index contributed by atoms with van der Waals surface area (Å²) < 4.78 is 90.1. The van der Waals surface area contributed by atoms with E-state index in [4.69, 9.17) is 8.37 Å². The minimum Gasteiger partial charge on any atom is -0.379 e. The molecule has 0 saturated carbocycles. The van der Waals surface area contributed by atoms with Crippen LogP contribution in [0.4, 0.5) is 8.78 Å². The van der Waals surface area contributed by atoms with E-state index in [2.05, 4.69) is 0 Å². The average Bonchev–Trinajstić information content (AvgIpc) is 3.22. The zero-order chi connectivity index (χ0) is 29.4. The second-order valence-corrected chi connectivity index (χ2v) is 13.2. The van der Waals surface area contributed by atoms with Gasteiger partial charge in [0.1, 0.15) is 0 Å². The zero-order valence-electron chi connectivity index (χ0n) is 22.4. The van der Waals surface area contributed by atoms with Gasteiger partial charge in [0, 0.05) is 0 Å². The highest BCUT2D eigenvalue weighted by Gasteiger charge is 2.46. The summed E-state index contributed by atoms with van der Waals surface area (Å²) in [6, 6.07) is 23.0. The summed E-state index contributed by atoms with van der Waals surface area (Å²) in [6.45, 7) is 3.35. The summed E-state index contributed by atoms with van der Waals surface area (Å²) in [5, 5.41) is 0. The SMILES string of the molecule is CCCS(=O)(=O)Oc1ccc(C2(c3ccc(OS(=O)(=O)CCC)c(F)c3)c3ccccc3-c3ccccc32)cc1F. The molecule has 0 N–H and O–H groups in total. The van der Waals surface area contributed by atoms with Crippen LogP contribution in [0, 0.1) is 11.6 Å². The lowest BCUT2D eigenvalue weighted by Gasteiger charge is -2.34. The molecule has 5 rings (SSSR count). The van der Waals surface area contributed by atoms with Crippen LogP contribution in [0.2, 0.25) is 0 Å². The Morgan fingerprint density at radius 2 is 1.00 bits per heavy atom. The maximum absolute atomic E-state index is 15.6. The van der Waals surface area contributed by atoms with Crippen molar-refractivity contribution in [2.45, 2.75) is 32.1 Å². The highest BCUT2D eigenvalue weighted by Crippen LogP contribution is 2.56. The predicted molar refractivity (Wildman–Crippen MR) is 153 cm³/mol. The van der Waals surface area contributed by atoms with Crippen LogP contribution in [0.3, 0.4) is 0 Å². The van der Waals surface area contributed by atoms with Gasteiger partial charge in [0.05, 0.1) is 16.9 Å². The van der Waals surface area contributed by atoms with Gasteiger partial charge in [-0.1, -0.05) is 74.5 Å². The van der Waals surface area contributed by atoms with E-state index < -0.39 is 48.8 Å². The van der Waals surface area contributed by atoms with Crippen LogP contribution in [0.5, 0.6) is 11.5 Å². The molecule has 4 aromatic carbocycles. The molecule has 4 aromatic rings. The standard InChI is InChI=1S/C31H28F2O6S2/c1-3-17-40(34,35)38-29-15-13-21(19-27(29)32)31(22-14-16-30(28(33)20-22)39-41(36,37)18-4-2)25-11-7-5-9-23(25)24-10-6-8-12-26(24)31/h5-16,19-20H,3-4,17-18H2,1-2H3. The third kappa shape index (κ3) is 5.22. The van der Waals surface area contributed by atoms with Crippen LogP contribution in [0.25, 0.3) is 11.1 Å². The first kappa shape index (κ1) is 28.8. The average molecular weight is 599 g/mol. The van der Waals surface area contributed by atoms with E-state index in [0.717, 1.165) is 22.3 Å². The lowest BCUT2D eigenvalue weighted by atomic mass is 9.67. The van der Waals surface area contributed by atoms with Crippen molar-refractivity contribution in [2.24, 2.45) is 0 Å². The molecule has 0 aliphatic heterocycles. The van der Waals surface area contributed by atoms with Gasteiger partial charge in [0.15, 0.2) is 23.1 Å². The summed E-state index contributed by atoms with van der Waals surface area (Å²) in [7, 11) is -7.97. The molecule has 0 amide bonds. The van der Waals surface area contributed by atoms with E-state index >= 15 is 8.78 Å². The normalized spacial score (nSPS) is 13.9. The molecular formula is C31H28F2O6S2. The second kappa shape index (κ2) is 10.9. The summed E-state index contributed by atoms with van der Waals surface area (Å²) >= 11 is 0. The van der Waals surface area contributed by atoms with Gasteiger partial charge in [-0.2, -0.15) is 16.8 Å². The van der Waals surface area contributed by atoms with Crippen LogP contribution in [0.15, 0.2) is 84.9 Å². The molecule has 214 valence electrons. The monoisotopic (exact) mass is 598 g/mol. The smallest absolute Gasteiger partial charge is 0.309 e. The van der Waals surface area contributed by atoms with E-state index in [0.29, 0.717) is 24.0 Å². The Labute approximate surface area is 238 Å². The second-order valence-electron chi connectivity index (χ2n) is 9.82. The lowest BCUT2D eigenvalue weighted by molar-refractivity contribution is 0.459. The third-order valence-electron chi connectivity index (χ3n) is 7.02. The van der Waals surface area contributed by atoms with Crippen LogP contribution in [-0.2, 0) is 25.7 Å². The molecule has 0 radical (unpaired) electrons. The van der Waals surface area contributed by atoms with Gasteiger partial charge in [-0.3, -0.25) is 0 Å². The Balaban J connectivity index is 1.74. The Hall–Kier alpha value is -3.76. The fourth-order valence-electron chi connectivity index (χ4n) is 5.48. The molecule has 0 bridgehead atoms. The molecule has 6 nitrogen and oxygen atoms in total. The molecule has 10 heteroatoms. The van der Waals surface area contributed by atoms with Gasteiger partial charge in [-0.15, -0.1) is 0 Å². The largest absolute Gasteiger partial charge is 0.379 e. The molecule has 0 spiro atoms. The predicted octanol–water partition coefficient (Wildman–Crippen LogP) is 6.57. The number of fused-ring (bicyclic) bond motifs is 3. The van der Waals surface area contributed by atoms with Crippen LogP contribution < -0.4 is 8.37 Å². The molecule has 1 aliphatic carbocycles. The van der Waals surface area contributed by atoms with Gasteiger partial charge in [0.25, 0.3) is 0 Å². The molecular weight excluding hydrogens is 570 g/mol. The summed E-state index contributed by atoms with van der Waals surface area (Å²) in [6.07, 6.45) is 0.619. The maximum Gasteiger partial charge on any atom is 0.309 e. The van der Waals surface area contributed by atoms with Crippen molar-refractivity contribution >= 4 is 20.2 Å². The van der Waals surface area contributed by atoms with E-state index in [1.807, 2.05) is 48.5 Å². The van der Waals surface area contributed by atoms with Gasteiger partial charge >= 0.3 is 20.2 Å². The van der Waals surface area contributed by atoms with Crippen molar-refractivity contribution < 1.29 is 34.0 Å². The molecule has 0 unspecified atom stereocenters. The number of hydrogen-bond donors (Lipinski definition) is 0. The molecule has 41 heavy (non-hydrogen) atoms. The molecule has 0 atom stereocenters. The van der Waals surface area contributed by atoms with Gasteiger partial charge in [0.2, 0.25) is 0 Å². The van der Waals surface area contributed by atoms with Crippen LogP contribution in [0.1, 0.15) is 48.9 Å². The summed E-state index contributed by atoms with van der Waals surface area (Å²) in [4.78, 5) is 0. The number of hydrogen-bond acceptors (Lipinski definition) is 6. The quantitative estimate of drug-likeness (QED) is 0.169. The zero-order valence-corrected chi connectivity index (χ0v) is 24.1. The lowest BCUT2D eigenvalue weighted by Crippen LogP contribution is -2.29. The number of halogens is 2. The van der Waals surface area contributed by atoms with Gasteiger partial charge in [-0.05, 0) is 70.5 Å². The highest BCUT2D eigenvalue weighted by atomic mass is 32.2. The van der Waals surface area contributed by atoms with Crippen molar-refractivity contribution in [3.05, 3.63) is 119 Å². The topological polar surface area (TPSA) is 86.7 Å². The minimum absolute atomic E-state index is 0.263. The van der Waals surface area contributed by atoms with Crippen molar-refractivity contribution in [2.75, 3.05) is 11.5 Å². The van der Waals surface area contributed by atoms with Gasteiger partial charge in [-0.25, -0.2) is 8.78 Å². The Morgan fingerprint density at radius 1 is 0.610 bits per heavy atom. The first-order chi connectivity index (χ1) is 19.5. The maximum atomic E-state index is 15.6. The molecule has 1 aliphatic rings. The van der Waals surface area contributed by atoms with E-state index in [1.54, 1.807) is 26.0 Å². The minimum atomic E-state index is -3.99. The van der Waals surface area contributed by atoms with E-state index in [9.17, 15) is 16.8 Å². The number of rotatable bonds is 10. The van der Waals surface area contributed by atoms with Gasteiger partial charge < -0.3 is 8.37 Å². The summed E-state index contributed by atoms with van der Waals surface area (Å²) in [5.41, 5.74) is 2.80. The molecule has 0 heterocycles. The van der Waals surface area contributed by atoms with E-state index in [1.165, 1.54) is 24.3 Å². The molecule has 0 aromatic heterocycles. The Morgan fingerprint density at radius 3 is 1.37 bits per heavy atom. The molecule has 0 saturated heterocycles. The van der Waals surface area contributed by atoms with Crippen LogP contribution in [-0.4, -0.2) is 28.3 Å². The highest BCUT2D eigenvalue weighted by molar-refractivity contribution is 7.87. The van der Waals surface area contributed by atoms with E-state index in [-0.39, 0.29) is 11.5 Å². The van der Waals surface area contributed by atoms with Crippen molar-refractivity contribution in [3.8, 4) is 22.6 Å². The Bertz CT molecular complexity index is 1700. The van der Waals surface area contributed by atoms with Crippen molar-refractivity contribution in [1.82, 2.24) is 0 Å². The van der Waals surface area contributed by atoms with Crippen molar-refractivity contribution in [3.63, 3.8) is 0 Å². The third-order valence-corrected chi connectivity index (χ3v) is 9.71. The Kier molecular flexibility index (Phi) is 7.65. The fourth-order valence-corrected chi connectivity index (χ4v) is 7.47. The van der Waals surface area contributed by atoms with Crippen molar-refractivity contribution in [1.29, 1.82) is 0 Å². The van der Waals surface area contributed by atoms with Crippen LogP contribution >= 0.6 is 0 Å². The number of benzene rings is 4. The summed E-state index contributed by atoms with van der Waals surface area (Å²) in [5.74, 6) is -3.19. The first-order valence-electron chi connectivity index (χ1n) is 13.2. The first-order valence-corrected chi connectivity index (χ1v) is 16.3. The fraction of sp³-hybridized carbons (Fsp3) is 0.226. The molecule has 0 fully saturated rings.